The Kier molecular flexibility index (Phi) is 4.13. The highest BCUT2D eigenvalue weighted by Gasteiger charge is 2.23. The molecule has 1 aromatic heterocycles. The van der Waals surface area contributed by atoms with Crippen molar-refractivity contribution in [2.24, 2.45) is 0 Å². The molecule has 1 fully saturated rings. The van der Waals surface area contributed by atoms with Crippen LogP contribution in [-0.4, -0.2) is 33.4 Å². The number of aromatic nitrogens is 2. The van der Waals surface area contributed by atoms with Gasteiger partial charge in [-0.1, -0.05) is 20.8 Å². The Morgan fingerprint density at radius 3 is 2.53 bits per heavy atom. The van der Waals surface area contributed by atoms with E-state index in [1.165, 1.54) is 6.42 Å². The van der Waals surface area contributed by atoms with Crippen molar-refractivity contribution in [1.29, 1.82) is 0 Å². The third kappa shape index (κ3) is 3.26. The molecule has 1 N–H and O–H groups in total. The molecule has 5 heteroatoms. The van der Waals surface area contributed by atoms with E-state index in [-0.39, 0.29) is 11.3 Å². The van der Waals surface area contributed by atoms with Gasteiger partial charge in [-0.15, -0.1) is 0 Å². The van der Waals surface area contributed by atoms with E-state index in [1.807, 2.05) is 15.7 Å². The quantitative estimate of drug-likeness (QED) is 0.847. The lowest BCUT2D eigenvalue weighted by Crippen LogP contribution is -2.38. The van der Waals surface area contributed by atoms with E-state index in [0.717, 1.165) is 31.6 Å². The topological polar surface area (TPSA) is 41.0 Å². The molecular weight excluding hydrogens is 258 g/mol. The van der Waals surface area contributed by atoms with E-state index in [0.29, 0.717) is 11.3 Å². The fourth-order valence-corrected chi connectivity index (χ4v) is 2.77. The monoisotopic (exact) mass is 281 g/mol. The molecule has 2 heterocycles. The molecule has 0 aliphatic carbocycles. The fourth-order valence-electron chi connectivity index (χ4n) is 2.55. The number of H-pyrrole nitrogens is 1. The average Bonchev–Trinajstić information content (AvgIpc) is 2.72. The molecule has 0 radical (unpaired) electrons. The molecule has 106 valence electrons. The molecule has 1 aromatic rings. The van der Waals surface area contributed by atoms with Crippen LogP contribution in [-0.2, 0) is 16.8 Å². The first kappa shape index (κ1) is 14.3. The summed E-state index contributed by atoms with van der Waals surface area (Å²) in [5.41, 5.74) is 1.07. The van der Waals surface area contributed by atoms with Crippen LogP contribution in [0.15, 0.2) is 6.20 Å². The zero-order valence-corrected chi connectivity index (χ0v) is 12.8. The maximum atomic E-state index is 12.3. The van der Waals surface area contributed by atoms with Gasteiger partial charge in [-0.2, -0.15) is 0 Å². The first-order chi connectivity index (χ1) is 8.89. The Hall–Kier alpha value is -1.10. The average molecular weight is 281 g/mol. The molecule has 0 spiro atoms. The van der Waals surface area contributed by atoms with E-state index in [1.54, 1.807) is 0 Å². The largest absolute Gasteiger partial charge is 0.341 e. The van der Waals surface area contributed by atoms with Crippen LogP contribution in [0.1, 0.15) is 45.7 Å². The summed E-state index contributed by atoms with van der Waals surface area (Å²) in [6.07, 6.45) is 5.40. The molecule has 1 aliphatic heterocycles. The second kappa shape index (κ2) is 5.49. The van der Waals surface area contributed by atoms with Crippen LogP contribution in [0.5, 0.6) is 0 Å². The van der Waals surface area contributed by atoms with Gasteiger partial charge in [0, 0.05) is 30.4 Å². The van der Waals surface area contributed by atoms with Gasteiger partial charge in [-0.3, -0.25) is 4.79 Å². The van der Waals surface area contributed by atoms with Gasteiger partial charge in [0.25, 0.3) is 0 Å². The van der Waals surface area contributed by atoms with Crippen molar-refractivity contribution in [1.82, 2.24) is 14.5 Å². The van der Waals surface area contributed by atoms with Gasteiger partial charge in [-0.05, 0) is 31.5 Å². The number of imidazole rings is 1. The van der Waals surface area contributed by atoms with E-state index in [4.69, 9.17) is 12.2 Å². The molecule has 19 heavy (non-hydrogen) atoms. The Morgan fingerprint density at radius 1 is 1.32 bits per heavy atom. The number of amides is 1. The second-order valence-electron chi connectivity index (χ2n) is 6.26. The highest BCUT2D eigenvalue weighted by atomic mass is 32.1. The van der Waals surface area contributed by atoms with Crippen molar-refractivity contribution >= 4 is 18.1 Å². The maximum Gasteiger partial charge on any atom is 0.242 e. The summed E-state index contributed by atoms with van der Waals surface area (Å²) in [7, 11) is 0. The van der Waals surface area contributed by atoms with Crippen molar-refractivity contribution in [3.63, 3.8) is 0 Å². The van der Waals surface area contributed by atoms with Crippen LogP contribution >= 0.6 is 12.2 Å². The van der Waals surface area contributed by atoms with Gasteiger partial charge in [0.1, 0.15) is 6.54 Å². The number of hydrogen-bond donors (Lipinski definition) is 1. The van der Waals surface area contributed by atoms with Gasteiger partial charge in [0.05, 0.1) is 0 Å². The minimum absolute atomic E-state index is 0.0181. The molecule has 1 aliphatic rings. The molecule has 4 nitrogen and oxygen atoms in total. The molecular formula is C14H23N3OS. The first-order valence-corrected chi connectivity index (χ1v) is 7.37. The molecule has 2 rings (SSSR count). The Balaban J connectivity index is 2.16. The lowest BCUT2D eigenvalue weighted by molar-refractivity contribution is -0.132. The fraction of sp³-hybridized carbons (Fsp3) is 0.714. The van der Waals surface area contributed by atoms with Crippen molar-refractivity contribution in [2.75, 3.05) is 13.1 Å². The van der Waals surface area contributed by atoms with Crippen LogP contribution in [0.25, 0.3) is 0 Å². The summed E-state index contributed by atoms with van der Waals surface area (Å²) in [5.74, 6) is 0.181. The maximum absolute atomic E-state index is 12.3. The lowest BCUT2D eigenvalue weighted by Gasteiger charge is -2.28. The first-order valence-electron chi connectivity index (χ1n) is 6.96. The summed E-state index contributed by atoms with van der Waals surface area (Å²) in [5, 5.41) is 0. The number of aromatic amines is 1. The van der Waals surface area contributed by atoms with Crippen molar-refractivity contribution in [3.05, 3.63) is 16.7 Å². The van der Waals surface area contributed by atoms with Crippen LogP contribution in [0.4, 0.5) is 0 Å². The van der Waals surface area contributed by atoms with Gasteiger partial charge in [0.2, 0.25) is 5.91 Å². The summed E-state index contributed by atoms with van der Waals surface area (Å²) in [6.45, 7) is 8.53. The third-order valence-corrected chi connectivity index (χ3v) is 3.98. The van der Waals surface area contributed by atoms with Gasteiger partial charge >= 0.3 is 0 Å². The summed E-state index contributed by atoms with van der Waals surface area (Å²) in [4.78, 5) is 17.4. The molecule has 0 aromatic carbocycles. The molecule has 1 saturated heterocycles. The van der Waals surface area contributed by atoms with Crippen molar-refractivity contribution < 1.29 is 4.79 Å². The van der Waals surface area contributed by atoms with Gasteiger partial charge in [0.15, 0.2) is 4.77 Å². The number of nitrogens with zero attached hydrogens (tertiary/aromatic N) is 2. The summed E-state index contributed by atoms with van der Waals surface area (Å²) >= 11 is 5.30. The standard InChI is InChI=1S/C14H23N3OS/c1-14(2,3)11-9-15-13(19)17(11)10-12(18)16-7-5-4-6-8-16/h9H,4-8,10H2,1-3H3,(H,15,19). The normalized spacial score (nSPS) is 16.7. The Bertz CT molecular complexity index is 503. The Morgan fingerprint density at radius 2 is 1.95 bits per heavy atom. The molecule has 0 unspecified atom stereocenters. The predicted molar refractivity (Wildman–Crippen MR) is 78.7 cm³/mol. The zero-order valence-electron chi connectivity index (χ0n) is 12.0. The molecule has 0 atom stereocenters. The SMILES string of the molecule is CC(C)(C)c1c[nH]c(=S)n1CC(=O)N1CCCCC1. The molecule has 1 amide bonds. The number of nitrogens with one attached hydrogen (secondary N) is 1. The van der Waals surface area contributed by atoms with Crippen molar-refractivity contribution in [2.45, 2.75) is 52.0 Å². The minimum atomic E-state index is -0.0181. The summed E-state index contributed by atoms with van der Waals surface area (Å²) in [6, 6.07) is 0. The molecule has 0 saturated carbocycles. The van der Waals surface area contributed by atoms with E-state index in [9.17, 15) is 4.79 Å². The van der Waals surface area contributed by atoms with Crippen LogP contribution < -0.4 is 0 Å². The number of rotatable bonds is 2. The van der Waals surface area contributed by atoms with Crippen molar-refractivity contribution in [3.8, 4) is 0 Å². The number of likely N-dealkylation sites (tertiary alicyclic amines) is 1. The van der Waals surface area contributed by atoms with E-state index in [2.05, 4.69) is 25.8 Å². The number of piperidine rings is 1. The van der Waals surface area contributed by atoms with Crippen LogP contribution in [0, 0.1) is 4.77 Å². The van der Waals surface area contributed by atoms with Crippen LogP contribution in [0.2, 0.25) is 0 Å². The smallest absolute Gasteiger partial charge is 0.242 e. The predicted octanol–water partition coefficient (Wildman–Crippen LogP) is 2.86. The lowest BCUT2D eigenvalue weighted by atomic mass is 9.92. The van der Waals surface area contributed by atoms with Crippen LogP contribution in [0.3, 0.4) is 0 Å². The summed E-state index contributed by atoms with van der Waals surface area (Å²) < 4.78 is 2.57. The second-order valence-corrected chi connectivity index (χ2v) is 6.64. The third-order valence-electron chi connectivity index (χ3n) is 3.64. The zero-order chi connectivity index (χ0) is 14.0. The Labute approximate surface area is 119 Å². The number of carbonyl (C=O) groups excluding carboxylic acids is 1. The highest BCUT2D eigenvalue weighted by molar-refractivity contribution is 7.71. The van der Waals surface area contributed by atoms with E-state index < -0.39 is 0 Å². The van der Waals surface area contributed by atoms with E-state index >= 15 is 0 Å². The number of hydrogen-bond acceptors (Lipinski definition) is 2. The number of carbonyl (C=O) groups is 1. The van der Waals surface area contributed by atoms with Gasteiger partial charge < -0.3 is 14.5 Å². The van der Waals surface area contributed by atoms with Gasteiger partial charge in [-0.25, -0.2) is 0 Å². The molecule has 0 bridgehead atoms. The minimum Gasteiger partial charge on any atom is -0.341 e. The highest BCUT2D eigenvalue weighted by Crippen LogP contribution is 2.22.